The van der Waals surface area contributed by atoms with Crippen LogP contribution in [0.4, 0.5) is 13.2 Å². The van der Waals surface area contributed by atoms with Crippen molar-refractivity contribution in [2.24, 2.45) is 0 Å². The maximum absolute atomic E-state index is 13.3. The quantitative estimate of drug-likeness (QED) is 0.632. The van der Waals surface area contributed by atoms with Gasteiger partial charge in [-0.1, -0.05) is 0 Å². The minimum absolute atomic E-state index is 0.118. The number of aromatic nitrogens is 2. The molecule has 8 nitrogen and oxygen atoms in total. The molecule has 1 aromatic heterocycles. The normalized spacial score (nSPS) is 23.9. The zero-order valence-corrected chi connectivity index (χ0v) is 18.9. The first-order valence-electron chi connectivity index (χ1n) is 11.0. The van der Waals surface area contributed by atoms with Crippen molar-refractivity contribution >= 4 is 10.0 Å². The molecule has 0 bridgehead atoms. The summed E-state index contributed by atoms with van der Waals surface area (Å²) in [6.45, 7) is 1.36. The Hall–Kier alpha value is -2.75. The lowest BCUT2D eigenvalue weighted by Gasteiger charge is -2.36. The van der Waals surface area contributed by atoms with Crippen LogP contribution in [0.3, 0.4) is 0 Å². The van der Waals surface area contributed by atoms with E-state index in [2.05, 4.69) is 14.9 Å². The molecule has 12 heteroatoms. The Morgan fingerprint density at radius 1 is 1.12 bits per heavy atom. The third-order valence-corrected chi connectivity index (χ3v) is 8.39. The topological polar surface area (TPSA) is 99.4 Å². The van der Waals surface area contributed by atoms with Gasteiger partial charge in [0.2, 0.25) is 15.9 Å². The number of fused-ring (bicyclic) bond motifs is 1. The lowest BCUT2D eigenvalue weighted by molar-refractivity contribution is -0.137. The number of halogens is 3. The second-order valence-corrected chi connectivity index (χ2v) is 10.8. The maximum atomic E-state index is 13.3. The first-order valence-corrected chi connectivity index (χ1v) is 12.4. The Kier molecular flexibility index (Phi) is 5.74. The van der Waals surface area contributed by atoms with Crippen LogP contribution in [0.15, 0.2) is 35.5 Å². The van der Waals surface area contributed by atoms with E-state index in [0.29, 0.717) is 37.4 Å². The molecule has 0 radical (unpaired) electrons. The van der Waals surface area contributed by atoms with E-state index in [-0.39, 0.29) is 25.2 Å². The molecule has 3 aliphatic rings. The number of hydrogen-bond donors (Lipinski definition) is 0. The van der Waals surface area contributed by atoms with Crippen molar-refractivity contribution < 1.29 is 26.3 Å². The van der Waals surface area contributed by atoms with Gasteiger partial charge >= 0.3 is 6.18 Å². The van der Waals surface area contributed by atoms with Gasteiger partial charge in [-0.05, 0) is 31.0 Å². The van der Waals surface area contributed by atoms with E-state index in [4.69, 9.17) is 10.00 Å². The van der Waals surface area contributed by atoms with Crippen LogP contribution in [0.2, 0.25) is 0 Å². The zero-order valence-electron chi connectivity index (χ0n) is 18.1. The Morgan fingerprint density at radius 2 is 1.91 bits per heavy atom. The second kappa shape index (κ2) is 8.48. The van der Waals surface area contributed by atoms with Gasteiger partial charge in [0.15, 0.2) is 0 Å². The van der Waals surface area contributed by atoms with Gasteiger partial charge in [-0.2, -0.15) is 22.7 Å². The number of rotatable bonds is 5. The number of benzene rings is 1. The van der Waals surface area contributed by atoms with E-state index in [1.807, 2.05) is 0 Å². The Bertz CT molecular complexity index is 1230. The molecule has 2 saturated heterocycles. The SMILES string of the molecule is N#Cc1ccc(S(=O)(=O)N2CCN3C[C@H](Oc4cnc(C5CC5)cn4)C[C@H]3C2)cc1C(F)(F)F. The van der Waals surface area contributed by atoms with Gasteiger partial charge in [0.05, 0.1) is 40.2 Å². The molecule has 1 saturated carbocycles. The first kappa shape index (κ1) is 23.0. The van der Waals surface area contributed by atoms with E-state index in [1.54, 1.807) is 12.4 Å². The highest BCUT2D eigenvalue weighted by Crippen LogP contribution is 2.39. The number of nitrogens with zero attached hydrogens (tertiary/aromatic N) is 5. The summed E-state index contributed by atoms with van der Waals surface area (Å²) in [5.41, 5.74) is -0.897. The third-order valence-electron chi connectivity index (χ3n) is 6.53. The van der Waals surface area contributed by atoms with Gasteiger partial charge < -0.3 is 4.74 Å². The zero-order chi connectivity index (χ0) is 24.1. The highest BCUT2D eigenvalue weighted by Gasteiger charge is 2.42. The lowest BCUT2D eigenvalue weighted by Crippen LogP contribution is -2.51. The molecule has 0 unspecified atom stereocenters. The van der Waals surface area contributed by atoms with Crippen molar-refractivity contribution in [1.29, 1.82) is 5.26 Å². The van der Waals surface area contributed by atoms with Crippen molar-refractivity contribution in [3.63, 3.8) is 0 Å². The summed E-state index contributed by atoms with van der Waals surface area (Å²) in [4.78, 5) is 10.4. The first-order chi connectivity index (χ1) is 16.1. The Morgan fingerprint density at radius 3 is 2.56 bits per heavy atom. The van der Waals surface area contributed by atoms with Crippen LogP contribution < -0.4 is 4.74 Å². The lowest BCUT2D eigenvalue weighted by atomic mass is 10.1. The van der Waals surface area contributed by atoms with Gasteiger partial charge in [0.1, 0.15) is 6.10 Å². The number of ether oxygens (including phenoxy) is 1. The molecule has 0 amide bonds. The molecule has 3 heterocycles. The highest BCUT2D eigenvalue weighted by atomic mass is 32.2. The minimum atomic E-state index is -4.83. The Labute approximate surface area is 195 Å². The van der Waals surface area contributed by atoms with E-state index in [0.717, 1.165) is 30.7 Å². The van der Waals surface area contributed by atoms with Gasteiger partial charge in [0.25, 0.3) is 0 Å². The van der Waals surface area contributed by atoms with Gasteiger partial charge in [0, 0.05) is 44.6 Å². The number of hydrogen-bond acceptors (Lipinski definition) is 7. The van der Waals surface area contributed by atoms with Crippen LogP contribution in [-0.4, -0.2) is 65.9 Å². The molecule has 2 aromatic rings. The summed E-state index contributed by atoms with van der Waals surface area (Å²) in [5.74, 6) is 0.925. The summed E-state index contributed by atoms with van der Waals surface area (Å²) in [7, 11) is -4.16. The maximum Gasteiger partial charge on any atom is 0.417 e. The standard InChI is InChI=1S/C22H22F3N5O3S/c23-22(24,25)19-8-18(4-3-15(19)9-26)34(31,32)30-6-5-29-13-17(7-16(29)12-30)33-21-11-27-20(10-28-21)14-1-2-14/h3-4,8,10-11,14,16-17H,1-2,5-7,12-13H2/t16-,17+/m0/s1. The van der Waals surface area contributed by atoms with Crippen LogP contribution in [0.25, 0.3) is 0 Å². The summed E-state index contributed by atoms with van der Waals surface area (Å²) < 4.78 is 73.4. The minimum Gasteiger partial charge on any atom is -0.472 e. The van der Waals surface area contributed by atoms with Gasteiger partial charge in [-0.3, -0.25) is 9.88 Å². The molecular formula is C22H22F3N5O3S. The van der Waals surface area contributed by atoms with Crippen LogP contribution >= 0.6 is 0 Å². The van der Waals surface area contributed by atoms with Gasteiger partial charge in [-0.15, -0.1) is 0 Å². The monoisotopic (exact) mass is 493 g/mol. The van der Waals surface area contributed by atoms with Crippen LogP contribution in [0, 0.1) is 11.3 Å². The average molecular weight is 494 g/mol. The van der Waals surface area contributed by atoms with E-state index in [1.165, 1.54) is 10.4 Å². The van der Waals surface area contributed by atoms with Crippen molar-refractivity contribution in [2.45, 2.75) is 48.4 Å². The molecule has 1 aromatic carbocycles. The molecule has 34 heavy (non-hydrogen) atoms. The summed E-state index contributed by atoms with van der Waals surface area (Å²) in [6.07, 6.45) is 1.17. The molecule has 0 spiro atoms. The average Bonchev–Trinajstić information content (AvgIpc) is 3.58. The van der Waals surface area contributed by atoms with Crippen molar-refractivity contribution in [3.8, 4) is 11.9 Å². The molecule has 5 rings (SSSR count). The fourth-order valence-corrected chi connectivity index (χ4v) is 6.08. The van der Waals surface area contributed by atoms with Crippen molar-refractivity contribution in [3.05, 3.63) is 47.4 Å². The van der Waals surface area contributed by atoms with E-state index in [9.17, 15) is 21.6 Å². The fourth-order valence-electron chi connectivity index (χ4n) is 4.58. The third kappa shape index (κ3) is 4.47. The summed E-state index contributed by atoms with van der Waals surface area (Å²) in [6, 6.07) is 3.86. The smallest absolute Gasteiger partial charge is 0.417 e. The van der Waals surface area contributed by atoms with E-state index < -0.39 is 32.2 Å². The largest absolute Gasteiger partial charge is 0.472 e. The van der Waals surface area contributed by atoms with E-state index >= 15 is 0 Å². The van der Waals surface area contributed by atoms with Crippen LogP contribution in [-0.2, 0) is 16.2 Å². The molecule has 0 N–H and O–H groups in total. The fraction of sp³-hybridized carbons (Fsp3) is 0.500. The van der Waals surface area contributed by atoms with Crippen LogP contribution in [0.1, 0.15) is 42.0 Å². The van der Waals surface area contributed by atoms with Crippen LogP contribution in [0.5, 0.6) is 5.88 Å². The predicted molar refractivity (Wildman–Crippen MR) is 113 cm³/mol. The summed E-state index contributed by atoms with van der Waals surface area (Å²) in [5, 5.41) is 8.96. The van der Waals surface area contributed by atoms with Crippen molar-refractivity contribution in [1.82, 2.24) is 19.2 Å². The molecule has 180 valence electrons. The van der Waals surface area contributed by atoms with Gasteiger partial charge in [-0.25, -0.2) is 13.4 Å². The molecule has 2 atom stereocenters. The second-order valence-electron chi connectivity index (χ2n) is 8.86. The predicted octanol–water partition coefficient (Wildman–Crippen LogP) is 2.77. The molecule has 3 fully saturated rings. The number of nitriles is 1. The highest BCUT2D eigenvalue weighted by molar-refractivity contribution is 7.89. The molecular weight excluding hydrogens is 471 g/mol. The summed E-state index contributed by atoms with van der Waals surface area (Å²) >= 11 is 0. The number of sulfonamides is 1. The van der Waals surface area contributed by atoms with Crippen molar-refractivity contribution in [2.75, 3.05) is 26.2 Å². The Balaban J connectivity index is 1.27. The molecule has 1 aliphatic carbocycles. The molecule has 2 aliphatic heterocycles. The number of alkyl halides is 3. The number of piperazine rings is 1.